The van der Waals surface area contributed by atoms with E-state index in [-0.39, 0.29) is 18.5 Å². The molecule has 0 radical (unpaired) electrons. The van der Waals surface area contributed by atoms with E-state index in [1.54, 1.807) is 11.0 Å². The number of primary amides is 1. The van der Waals surface area contributed by atoms with Gasteiger partial charge in [0.1, 0.15) is 0 Å². The van der Waals surface area contributed by atoms with Gasteiger partial charge in [0.05, 0.1) is 12.1 Å². The molecule has 2 N–H and O–H groups in total. The molecule has 108 valence electrons. The quantitative estimate of drug-likeness (QED) is 0.917. The van der Waals surface area contributed by atoms with E-state index in [2.05, 4.69) is 15.9 Å². The number of nitrogens with two attached hydrogens (primary N) is 1. The first-order chi connectivity index (χ1) is 9.49. The summed E-state index contributed by atoms with van der Waals surface area (Å²) in [5.41, 5.74) is 6.96. The van der Waals surface area contributed by atoms with Gasteiger partial charge in [-0.15, -0.1) is 0 Å². The fourth-order valence-corrected chi connectivity index (χ4v) is 3.36. The van der Waals surface area contributed by atoms with Crippen LogP contribution in [0.2, 0.25) is 0 Å². The van der Waals surface area contributed by atoms with Crippen LogP contribution < -0.4 is 5.73 Å². The first-order valence-electron chi connectivity index (χ1n) is 6.84. The minimum atomic E-state index is -0.464. The van der Waals surface area contributed by atoms with Crippen LogP contribution in [0.4, 0.5) is 0 Å². The van der Waals surface area contributed by atoms with Crippen molar-refractivity contribution < 1.29 is 9.59 Å². The number of rotatable bonds is 4. The summed E-state index contributed by atoms with van der Waals surface area (Å²) >= 11 is 3.43. The molecular weight excluding hydrogens is 320 g/mol. The van der Waals surface area contributed by atoms with E-state index < -0.39 is 5.91 Å². The van der Waals surface area contributed by atoms with Gasteiger partial charge in [0.25, 0.3) is 5.91 Å². The maximum absolute atomic E-state index is 12.7. The van der Waals surface area contributed by atoms with Crippen molar-refractivity contribution in [2.45, 2.75) is 38.6 Å². The van der Waals surface area contributed by atoms with Crippen LogP contribution in [0.25, 0.3) is 0 Å². The number of carbonyl (C=O) groups is 2. The second-order valence-corrected chi connectivity index (χ2v) is 6.18. The van der Waals surface area contributed by atoms with E-state index in [1.807, 2.05) is 19.1 Å². The van der Waals surface area contributed by atoms with Gasteiger partial charge in [-0.05, 0) is 53.4 Å². The van der Waals surface area contributed by atoms with Crippen molar-refractivity contribution in [3.8, 4) is 0 Å². The Morgan fingerprint density at radius 3 is 2.55 bits per heavy atom. The molecule has 1 aromatic carbocycles. The highest BCUT2D eigenvalue weighted by Gasteiger charge is 2.29. The third-order valence-electron chi connectivity index (χ3n) is 3.71. The molecule has 0 heterocycles. The van der Waals surface area contributed by atoms with Crippen LogP contribution in [-0.4, -0.2) is 29.3 Å². The largest absolute Gasteiger partial charge is 0.368 e. The Kier molecular flexibility index (Phi) is 4.81. The van der Waals surface area contributed by atoms with Crippen molar-refractivity contribution in [1.29, 1.82) is 0 Å². The van der Waals surface area contributed by atoms with E-state index >= 15 is 0 Å². The van der Waals surface area contributed by atoms with Gasteiger partial charge in [-0.2, -0.15) is 0 Å². The van der Waals surface area contributed by atoms with Gasteiger partial charge in [0, 0.05) is 10.5 Å². The number of hydrogen-bond donors (Lipinski definition) is 1. The minimum absolute atomic E-state index is 0.0101. The number of benzene rings is 1. The number of nitrogens with zero attached hydrogens (tertiary/aromatic N) is 1. The van der Waals surface area contributed by atoms with Crippen molar-refractivity contribution in [1.82, 2.24) is 4.90 Å². The molecule has 4 nitrogen and oxygen atoms in total. The molecular formula is C15H19BrN2O2. The maximum atomic E-state index is 12.7. The third-order valence-corrected chi connectivity index (χ3v) is 4.36. The molecule has 0 spiro atoms. The molecule has 0 bridgehead atoms. The first-order valence-corrected chi connectivity index (χ1v) is 7.64. The third kappa shape index (κ3) is 3.39. The summed E-state index contributed by atoms with van der Waals surface area (Å²) in [5, 5.41) is 0. The van der Waals surface area contributed by atoms with Crippen molar-refractivity contribution in [2.24, 2.45) is 5.73 Å². The Bertz CT molecular complexity index is 525. The molecule has 0 aromatic heterocycles. The number of amides is 2. The molecule has 2 rings (SSSR count). The van der Waals surface area contributed by atoms with E-state index in [0.29, 0.717) is 5.56 Å². The summed E-state index contributed by atoms with van der Waals surface area (Å²) in [6, 6.07) is 5.73. The standard InChI is InChI=1S/C15H19BrN2O2/c1-10-6-7-12(13(16)8-10)15(20)18(9-14(17)19)11-4-2-3-5-11/h6-8,11H,2-5,9H2,1H3,(H2,17,19). The molecule has 0 atom stereocenters. The zero-order valence-corrected chi connectivity index (χ0v) is 13.1. The molecule has 1 aliphatic rings. The lowest BCUT2D eigenvalue weighted by molar-refractivity contribution is -0.119. The highest BCUT2D eigenvalue weighted by Crippen LogP contribution is 2.27. The van der Waals surface area contributed by atoms with Crippen molar-refractivity contribution in [3.63, 3.8) is 0 Å². The second kappa shape index (κ2) is 6.39. The molecule has 0 unspecified atom stereocenters. The van der Waals surface area contributed by atoms with Crippen molar-refractivity contribution in [2.75, 3.05) is 6.54 Å². The van der Waals surface area contributed by atoms with Gasteiger partial charge in [-0.3, -0.25) is 9.59 Å². The van der Waals surface area contributed by atoms with Crippen LogP contribution in [-0.2, 0) is 4.79 Å². The highest BCUT2D eigenvalue weighted by molar-refractivity contribution is 9.10. The van der Waals surface area contributed by atoms with E-state index in [1.165, 1.54) is 0 Å². The fraction of sp³-hybridized carbons (Fsp3) is 0.467. The lowest BCUT2D eigenvalue weighted by atomic mass is 10.1. The van der Waals surface area contributed by atoms with Crippen molar-refractivity contribution >= 4 is 27.7 Å². The topological polar surface area (TPSA) is 63.4 Å². The van der Waals surface area contributed by atoms with Gasteiger partial charge < -0.3 is 10.6 Å². The summed E-state index contributed by atoms with van der Waals surface area (Å²) in [6.45, 7) is 1.96. The Morgan fingerprint density at radius 1 is 1.35 bits per heavy atom. The predicted molar refractivity (Wildman–Crippen MR) is 81.4 cm³/mol. The smallest absolute Gasteiger partial charge is 0.255 e. The van der Waals surface area contributed by atoms with E-state index in [9.17, 15) is 9.59 Å². The number of carbonyl (C=O) groups excluding carboxylic acids is 2. The van der Waals surface area contributed by atoms with Crippen LogP contribution in [0, 0.1) is 6.92 Å². The molecule has 1 saturated carbocycles. The van der Waals surface area contributed by atoms with E-state index in [4.69, 9.17) is 5.73 Å². The summed E-state index contributed by atoms with van der Waals surface area (Å²) in [6.07, 6.45) is 4.09. The van der Waals surface area contributed by atoms with Crippen LogP contribution >= 0.6 is 15.9 Å². The number of hydrogen-bond acceptors (Lipinski definition) is 2. The van der Waals surface area contributed by atoms with Crippen molar-refractivity contribution in [3.05, 3.63) is 33.8 Å². The number of aryl methyl sites for hydroxylation is 1. The average molecular weight is 339 g/mol. The molecule has 0 saturated heterocycles. The molecule has 5 heteroatoms. The Morgan fingerprint density at radius 2 is 2.00 bits per heavy atom. The number of halogens is 1. The maximum Gasteiger partial charge on any atom is 0.255 e. The highest BCUT2D eigenvalue weighted by atomic mass is 79.9. The monoisotopic (exact) mass is 338 g/mol. The first kappa shape index (κ1) is 15.0. The predicted octanol–water partition coefficient (Wildman–Crippen LogP) is 2.63. The second-order valence-electron chi connectivity index (χ2n) is 5.32. The Balaban J connectivity index is 2.27. The van der Waals surface area contributed by atoms with Gasteiger partial charge in [0.2, 0.25) is 5.91 Å². The van der Waals surface area contributed by atoms with Crippen LogP contribution in [0.15, 0.2) is 22.7 Å². The zero-order chi connectivity index (χ0) is 14.7. The summed E-state index contributed by atoms with van der Waals surface area (Å²) < 4.78 is 0.759. The van der Waals surface area contributed by atoms with Crippen LogP contribution in [0.1, 0.15) is 41.6 Å². The molecule has 1 aliphatic carbocycles. The normalized spacial score (nSPS) is 15.3. The average Bonchev–Trinajstić information content (AvgIpc) is 2.88. The zero-order valence-electron chi connectivity index (χ0n) is 11.6. The minimum Gasteiger partial charge on any atom is -0.368 e. The van der Waals surface area contributed by atoms with Gasteiger partial charge >= 0.3 is 0 Å². The molecule has 1 fully saturated rings. The summed E-state index contributed by atoms with van der Waals surface area (Å²) in [4.78, 5) is 25.6. The Hall–Kier alpha value is -1.36. The lowest BCUT2D eigenvalue weighted by Crippen LogP contribution is -2.44. The molecule has 1 aromatic rings. The SMILES string of the molecule is Cc1ccc(C(=O)N(CC(N)=O)C2CCCC2)c(Br)c1. The fourth-order valence-electron chi connectivity index (χ4n) is 2.70. The van der Waals surface area contributed by atoms with Gasteiger partial charge in [-0.25, -0.2) is 0 Å². The van der Waals surface area contributed by atoms with E-state index in [0.717, 1.165) is 35.7 Å². The molecule has 20 heavy (non-hydrogen) atoms. The van der Waals surface area contributed by atoms with Crippen LogP contribution in [0.3, 0.4) is 0 Å². The molecule has 2 amide bonds. The summed E-state index contributed by atoms with van der Waals surface area (Å²) in [7, 11) is 0. The van der Waals surface area contributed by atoms with Gasteiger partial charge in [-0.1, -0.05) is 18.9 Å². The lowest BCUT2D eigenvalue weighted by Gasteiger charge is -2.28. The van der Waals surface area contributed by atoms with Crippen LogP contribution in [0.5, 0.6) is 0 Å². The Labute approximate surface area is 127 Å². The van der Waals surface area contributed by atoms with Gasteiger partial charge in [0.15, 0.2) is 0 Å². The molecule has 0 aliphatic heterocycles. The summed E-state index contributed by atoms with van der Waals surface area (Å²) in [5.74, 6) is -0.587.